The smallest absolute Gasteiger partial charge is 0.194 e. The second kappa shape index (κ2) is 2.31. The van der Waals surface area contributed by atoms with Crippen molar-refractivity contribution in [3.8, 4) is 0 Å². The molecule has 0 rings (SSSR count). The van der Waals surface area contributed by atoms with E-state index in [2.05, 4.69) is 5.15 Å². The molecule has 0 aromatic heterocycles. The largest absolute Gasteiger partial charge is 0.269 e. The lowest BCUT2D eigenvalue weighted by atomic mass is 11.3. The fourth-order valence-corrected chi connectivity index (χ4v) is 0. The molecule has 30 valence electrons. The first kappa shape index (κ1) is 3.26. The lowest BCUT2D eigenvalue weighted by molar-refractivity contribution is 0.694. The van der Waals surface area contributed by atoms with Gasteiger partial charge in [-0.1, -0.05) is 0 Å². The molecule has 0 aliphatic rings. The molecule has 1 N–H and O–H groups in total. The molecular formula is C2H7N2P. The van der Waals surface area contributed by atoms with E-state index in [1.807, 2.05) is 14.1 Å². The Balaban J connectivity index is 3.03. The van der Waals surface area contributed by atoms with Gasteiger partial charge in [0.15, 0.2) is 1.41 Å². The van der Waals surface area contributed by atoms with E-state index < -0.39 is 0 Å². The molecule has 0 aliphatic heterocycles. The molecule has 0 aromatic carbocycles. The van der Waals surface area contributed by atoms with Crippen molar-refractivity contribution in [1.29, 1.82) is 5.15 Å². The molecule has 0 aliphatic carbocycles. The van der Waals surface area contributed by atoms with Gasteiger partial charge in [-0.25, -0.2) is 4.67 Å². The Morgan fingerprint density at radius 3 is 2.60 bits per heavy atom. The van der Waals surface area contributed by atoms with Gasteiger partial charge in [-0.2, -0.15) is 0 Å². The third kappa shape index (κ3) is 4.06. The van der Waals surface area contributed by atoms with Crippen molar-refractivity contribution in [2.75, 3.05) is 14.1 Å². The maximum atomic E-state index is 6.30. The highest BCUT2D eigenvalue weighted by Crippen LogP contribution is 1.91. The van der Waals surface area contributed by atoms with Crippen LogP contribution in [0.4, 0.5) is 0 Å². The Labute approximate surface area is 35.0 Å². The minimum absolute atomic E-state index is 0.704. The number of hydrogen-bond donors (Lipinski definition) is 1. The standard InChI is InChI=1S/C2H7N2P/c1-4(2)5-3/h3H,1-2H3/i/hD. The number of nitrogens with zero attached hydrogens (tertiary/aromatic N) is 1. The first-order valence-corrected chi connectivity index (χ1v) is 2.09. The number of nitrogens with one attached hydrogen (secondary N) is 1. The third-order valence-corrected chi connectivity index (χ3v) is 0.537. The second-order valence-electron chi connectivity index (χ2n) is 0.937. The highest BCUT2D eigenvalue weighted by Gasteiger charge is 1.69. The van der Waals surface area contributed by atoms with Crippen LogP contribution in [-0.4, -0.2) is 18.8 Å². The zero-order chi connectivity index (χ0) is 4.99. The number of rotatable bonds is 1. The minimum Gasteiger partial charge on any atom is -0.269 e. The number of hydrogen-bond acceptors (Lipinski definition) is 1. The molecule has 0 radical (unpaired) electrons. The van der Waals surface area contributed by atoms with Crippen LogP contribution in [0.2, 0.25) is 1.41 Å². The van der Waals surface area contributed by atoms with Gasteiger partial charge in [0.2, 0.25) is 0 Å². The zero-order valence-corrected chi connectivity index (χ0v) is 4.24. The van der Waals surface area contributed by atoms with Crippen molar-refractivity contribution < 1.29 is 1.41 Å². The van der Waals surface area contributed by atoms with Crippen LogP contribution in [0.25, 0.3) is 0 Å². The molecule has 2 nitrogen and oxygen atoms in total. The lowest BCUT2D eigenvalue weighted by Crippen LogP contribution is -1.90. The van der Waals surface area contributed by atoms with Crippen molar-refractivity contribution in [2.45, 2.75) is 0 Å². The van der Waals surface area contributed by atoms with E-state index in [0.717, 1.165) is 0 Å². The SMILES string of the molecule is [2H]N=PN(C)C. The first-order valence-electron chi connectivity index (χ1n) is 1.74. The van der Waals surface area contributed by atoms with E-state index in [1.165, 1.54) is 0 Å². The normalized spacial score (nSPS) is 13.8. The van der Waals surface area contributed by atoms with E-state index in [-0.39, 0.29) is 0 Å². The molecule has 0 amide bonds. The van der Waals surface area contributed by atoms with Crippen molar-refractivity contribution >= 4 is 8.52 Å². The predicted octanol–water partition coefficient (Wildman–Crippen LogP) is 1.17. The van der Waals surface area contributed by atoms with Crippen LogP contribution in [-0.2, 0) is 0 Å². The molecular weight excluding hydrogens is 83.0 g/mol. The van der Waals surface area contributed by atoms with Crippen molar-refractivity contribution in [1.82, 2.24) is 4.67 Å². The second-order valence-corrected chi connectivity index (χ2v) is 1.92. The van der Waals surface area contributed by atoms with Gasteiger partial charge >= 0.3 is 0 Å². The molecule has 0 aromatic rings. The van der Waals surface area contributed by atoms with Crippen LogP contribution in [0.3, 0.4) is 0 Å². The molecule has 3 heteroatoms. The maximum Gasteiger partial charge on any atom is 0.194 e. The molecule has 5 heavy (non-hydrogen) atoms. The summed E-state index contributed by atoms with van der Waals surface area (Å²) in [5.41, 5.74) is 0. The summed E-state index contributed by atoms with van der Waals surface area (Å²) in [6.45, 7) is 0. The van der Waals surface area contributed by atoms with Gasteiger partial charge in [0.1, 0.15) is 0 Å². The summed E-state index contributed by atoms with van der Waals surface area (Å²) >= 11 is 0. The van der Waals surface area contributed by atoms with E-state index in [4.69, 9.17) is 1.41 Å². The lowest BCUT2D eigenvalue weighted by Gasteiger charge is -1.90. The van der Waals surface area contributed by atoms with Crippen LogP contribution in [0.15, 0.2) is 0 Å². The Kier molecular flexibility index (Phi) is 1.50. The first-order chi connectivity index (χ1) is 2.77. The van der Waals surface area contributed by atoms with Crippen LogP contribution in [0.5, 0.6) is 0 Å². The van der Waals surface area contributed by atoms with Crippen molar-refractivity contribution in [2.24, 2.45) is 0 Å². The van der Waals surface area contributed by atoms with Crippen LogP contribution >= 0.6 is 8.52 Å². The summed E-state index contributed by atoms with van der Waals surface area (Å²) in [5.74, 6) is 0. The molecule has 0 heterocycles. The monoisotopic (exact) mass is 91.0 g/mol. The molecule has 0 spiro atoms. The molecule has 0 unspecified atom stereocenters. The summed E-state index contributed by atoms with van der Waals surface area (Å²) in [6, 6.07) is 0. The van der Waals surface area contributed by atoms with Crippen LogP contribution < -0.4 is 0 Å². The molecule has 0 saturated carbocycles. The molecule has 0 bridgehead atoms. The summed E-state index contributed by atoms with van der Waals surface area (Å²) in [4.78, 5) is 0. The minimum atomic E-state index is 0.704. The Hall–Kier alpha value is 0.0600. The van der Waals surface area contributed by atoms with Gasteiger partial charge in [0.25, 0.3) is 0 Å². The average Bonchev–Trinajstić information content (AvgIpc) is 1.35. The van der Waals surface area contributed by atoms with Crippen molar-refractivity contribution in [3.63, 3.8) is 0 Å². The van der Waals surface area contributed by atoms with E-state index in [0.29, 0.717) is 8.52 Å². The summed E-state index contributed by atoms with van der Waals surface area (Å²) in [5, 5.41) is 3.08. The summed E-state index contributed by atoms with van der Waals surface area (Å²) < 4.78 is 8.10. The Morgan fingerprint density at radius 2 is 2.60 bits per heavy atom. The van der Waals surface area contributed by atoms with Gasteiger partial charge in [-0.3, -0.25) is 5.15 Å². The topological polar surface area (TPSA) is 27.1 Å². The quantitative estimate of drug-likeness (QED) is 0.482. The molecule has 0 saturated heterocycles. The van der Waals surface area contributed by atoms with Gasteiger partial charge in [0, 0.05) is 0 Å². The van der Waals surface area contributed by atoms with Crippen LogP contribution in [0.1, 0.15) is 0 Å². The molecule has 0 atom stereocenters. The maximum absolute atomic E-state index is 6.30. The Bertz CT molecular complexity index is 53.5. The van der Waals surface area contributed by atoms with Gasteiger partial charge in [-0.15, -0.1) is 0 Å². The highest BCUT2D eigenvalue weighted by molar-refractivity contribution is 7.21. The summed E-state index contributed by atoms with van der Waals surface area (Å²) in [7, 11) is 4.43. The average molecular weight is 91.1 g/mol. The van der Waals surface area contributed by atoms with Gasteiger partial charge < -0.3 is 0 Å². The van der Waals surface area contributed by atoms with E-state index >= 15 is 0 Å². The fraction of sp³-hybridized carbons (Fsp3) is 1.00. The van der Waals surface area contributed by atoms with E-state index in [1.54, 1.807) is 4.67 Å². The third-order valence-electron chi connectivity index (χ3n) is 0.179. The van der Waals surface area contributed by atoms with Gasteiger partial charge in [-0.05, 0) is 14.1 Å². The summed E-state index contributed by atoms with van der Waals surface area (Å²) in [6.07, 6.45) is 0. The Morgan fingerprint density at radius 1 is 2.00 bits per heavy atom. The predicted molar refractivity (Wildman–Crippen MR) is 23.3 cm³/mol. The highest BCUT2D eigenvalue weighted by atomic mass is 31.1. The zero-order valence-electron chi connectivity index (χ0n) is 4.34. The van der Waals surface area contributed by atoms with Gasteiger partial charge in [0.05, 0.1) is 8.52 Å². The van der Waals surface area contributed by atoms with Crippen LogP contribution in [0, 0.1) is 5.15 Å². The molecule has 0 fully saturated rings. The van der Waals surface area contributed by atoms with Crippen molar-refractivity contribution in [3.05, 3.63) is 0 Å². The fourth-order valence-electron chi connectivity index (χ4n) is 0. The van der Waals surface area contributed by atoms with E-state index in [9.17, 15) is 0 Å².